The van der Waals surface area contributed by atoms with Crippen LogP contribution < -0.4 is 15.4 Å². The molecule has 0 aliphatic carbocycles. The van der Waals surface area contributed by atoms with Gasteiger partial charge in [0.05, 0.1) is 7.11 Å². The zero-order chi connectivity index (χ0) is 25.3. The molecule has 2 aromatic carbocycles. The molecule has 3 atom stereocenters. The summed E-state index contributed by atoms with van der Waals surface area (Å²) in [6.07, 6.45) is 0.498. The number of rotatable bonds is 8. The van der Waals surface area contributed by atoms with Crippen LogP contribution in [0.25, 0.3) is 0 Å². The van der Waals surface area contributed by atoms with Crippen LogP contribution in [0.15, 0.2) is 48.5 Å². The van der Waals surface area contributed by atoms with Gasteiger partial charge in [0, 0.05) is 16.9 Å². The summed E-state index contributed by atoms with van der Waals surface area (Å²) in [5.74, 6) is 0.283. The van der Waals surface area contributed by atoms with Gasteiger partial charge in [-0.3, -0.25) is 14.4 Å². The summed E-state index contributed by atoms with van der Waals surface area (Å²) in [7, 11) is 1.61. The second-order valence-corrected chi connectivity index (χ2v) is 11.8. The molecule has 0 saturated carbocycles. The van der Waals surface area contributed by atoms with E-state index < -0.39 is 16.8 Å². The number of hydrogen-bond donors (Lipinski definition) is 2. The Labute approximate surface area is 211 Å². The van der Waals surface area contributed by atoms with Crippen molar-refractivity contribution in [2.45, 2.75) is 62.9 Å². The molecule has 2 aliphatic heterocycles. The molecule has 2 aliphatic rings. The topological polar surface area (TPSA) is 87.7 Å². The zero-order valence-electron chi connectivity index (χ0n) is 20.8. The largest absolute Gasteiger partial charge is 0.497 e. The van der Waals surface area contributed by atoms with Gasteiger partial charge in [0.2, 0.25) is 11.8 Å². The highest BCUT2D eigenvalue weighted by atomic mass is 32.2. The van der Waals surface area contributed by atoms with Crippen LogP contribution in [0, 0.1) is 5.92 Å². The van der Waals surface area contributed by atoms with Gasteiger partial charge in [-0.15, -0.1) is 11.8 Å². The van der Waals surface area contributed by atoms with Crippen LogP contribution in [-0.2, 0) is 16.1 Å². The van der Waals surface area contributed by atoms with Crippen LogP contribution in [0.2, 0.25) is 0 Å². The molecule has 2 N–H and O–H groups in total. The van der Waals surface area contributed by atoms with Gasteiger partial charge >= 0.3 is 0 Å². The van der Waals surface area contributed by atoms with Crippen molar-refractivity contribution >= 4 is 29.5 Å². The van der Waals surface area contributed by atoms with Crippen molar-refractivity contribution < 1.29 is 19.1 Å². The normalized spacial score (nSPS) is 20.9. The molecular weight excluding hydrogens is 462 g/mol. The van der Waals surface area contributed by atoms with Crippen LogP contribution in [0.5, 0.6) is 5.75 Å². The van der Waals surface area contributed by atoms with Gasteiger partial charge in [-0.05, 0) is 55.5 Å². The van der Waals surface area contributed by atoms with Crippen LogP contribution in [0.4, 0.5) is 0 Å². The van der Waals surface area contributed by atoms with E-state index in [1.54, 1.807) is 23.8 Å². The lowest BCUT2D eigenvalue weighted by atomic mass is 9.98. The summed E-state index contributed by atoms with van der Waals surface area (Å²) in [6, 6.07) is 13.6. The molecule has 186 valence electrons. The molecule has 1 unspecified atom stereocenters. The molecule has 2 aromatic rings. The second-order valence-electron chi connectivity index (χ2n) is 10.0. The minimum atomic E-state index is -0.694. The Balaban J connectivity index is 1.48. The van der Waals surface area contributed by atoms with Gasteiger partial charge in [0.25, 0.3) is 5.91 Å². The van der Waals surface area contributed by atoms with E-state index in [2.05, 4.69) is 10.6 Å². The number of thioether (sulfide) groups is 1. The number of amides is 3. The van der Waals surface area contributed by atoms with Crippen LogP contribution in [0.3, 0.4) is 0 Å². The van der Waals surface area contributed by atoms with Gasteiger partial charge in [-0.1, -0.05) is 44.2 Å². The lowest BCUT2D eigenvalue weighted by molar-refractivity contribution is -0.132. The SMILES string of the molecule is COc1ccc(CNC(=O)[C@H](CC(C)C)NC(=O)[C@H]2N3C(=O)c4ccccc4C3SC2(C)C)cc1. The highest BCUT2D eigenvalue weighted by Crippen LogP contribution is 2.56. The molecule has 0 spiro atoms. The van der Waals surface area contributed by atoms with Crippen molar-refractivity contribution in [2.75, 3.05) is 7.11 Å². The summed E-state index contributed by atoms with van der Waals surface area (Å²) >= 11 is 1.61. The van der Waals surface area contributed by atoms with E-state index in [9.17, 15) is 14.4 Å². The third kappa shape index (κ3) is 5.03. The number of nitrogens with zero attached hydrogens (tertiary/aromatic N) is 1. The molecule has 0 aromatic heterocycles. The Bertz CT molecular complexity index is 1120. The molecule has 0 radical (unpaired) electrons. The van der Waals surface area contributed by atoms with E-state index >= 15 is 0 Å². The van der Waals surface area contributed by atoms with E-state index in [1.807, 2.05) is 76.2 Å². The summed E-state index contributed by atoms with van der Waals surface area (Å²) in [6.45, 7) is 8.35. The van der Waals surface area contributed by atoms with Crippen molar-refractivity contribution in [2.24, 2.45) is 5.92 Å². The monoisotopic (exact) mass is 495 g/mol. The van der Waals surface area contributed by atoms with Crippen molar-refractivity contribution in [1.82, 2.24) is 15.5 Å². The van der Waals surface area contributed by atoms with E-state index in [0.717, 1.165) is 16.9 Å². The average molecular weight is 496 g/mol. The Morgan fingerprint density at radius 3 is 2.46 bits per heavy atom. The van der Waals surface area contributed by atoms with Crippen LogP contribution >= 0.6 is 11.8 Å². The van der Waals surface area contributed by atoms with E-state index in [1.165, 1.54) is 0 Å². The zero-order valence-corrected chi connectivity index (χ0v) is 21.6. The predicted molar refractivity (Wildman–Crippen MR) is 137 cm³/mol. The van der Waals surface area contributed by atoms with Crippen LogP contribution in [-0.4, -0.2) is 46.6 Å². The second kappa shape index (κ2) is 9.93. The minimum absolute atomic E-state index is 0.131. The summed E-state index contributed by atoms with van der Waals surface area (Å²) in [4.78, 5) is 41.7. The number of carbonyl (C=O) groups excluding carboxylic acids is 3. The first-order chi connectivity index (χ1) is 16.6. The highest BCUT2D eigenvalue weighted by Gasteiger charge is 2.57. The minimum Gasteiger partial charge on any atom is -0.497 e. The molecule has 8 heteroatoms. The van der Waals surface area contributed by atoms with Crippen molar-refractivity contribution in [3.63, 3.8) is 0 Å². The van der Waals surface area contributed by atoms with Crippen molar-refractivity contribution in [3.8, 4) is 5.75 Å². The van der Waals surface area contributed by atoms with Crippen LogP contribution in [0.1, 0.15) is 61.0 Å². The molecule has 7 nitrogen and oxygen atoms in total. The standard InChI is InChI=1S/C27H33N3O4S/c1-16(2)14-21(23(31)28-15-17-10-12-18(34-5)13-11-17)29-24(32)22-27(3,4)35-26-20-9-7-6-8-19(20)25(33)30(22)26/h6-13,16,21-22,26H,14-15H2,1-5H3,(H,28,31)(H,29,32)/t21-,22+,26?/m0/s1. The maximum Gasteiger partial charge on any atom is 0.256 e. The number of methoxy groups -OCH3 is 1. The number of ether oxygens (including phenoxy) is 1. The lowest BCUT2D eigenvalue weighted by Gasteiger charge is -2.31. The predicted octanol–water partition coefficient (Wildman–Crippen LogP) is 3.89. The maximum atomic E-state index is 13.6. The summed E-state index contributed by atoms with van der Waals surface area (Å²) in [5.41, 5.74) is 2.53. The van der Waals surface area contributed by atoms with Gasteiger partial charge in [-0.25, -0.2) is 0 Å². The number of nitrogens with one attached hydrogen (secondary N) is 2. The smallest absolute Gasteiger partial charge is 0.256 e. The number of carbonyl (C=O) groups is 3. The molecule has 1 fully saturated rings. The first-order valence-electron chi connectivity index (χ1n) is 11.9. The van der Waals surface area contributed by atoms with E-state index in [4.69, 9.17) is 4.74 Å². The quantitative estimate of drug-likeness (QED) is 0.580. The van der Waals surface area contributed by atoms with Gasteiger partial charge < -0.3 is 20.3 Å². The van der Waals surface area contributed by atoms with Crippen molar-refractivity contribution in [3.05, 3.63) is 65.2 Å². The number of fused-ring (bicyclic) bond motifs is 3. The first-order valence-corrected chi connectivity index (χ1v) is 12.8. The Hall–Kier alpha value is -3.00. The van der Waals surface area contributed by atoms with Gasteiger partial charge in [0.15, 0.2) is 0 Å². The number of hydrogen-bond acceptors (Lipinski definition) is 5. The fourth-order valence-electron chi connectivity index (χ4n) is 4.81. The lowest BCUT2D eigenvalue weighted by Crippen LogP contribution is -2.57. The van der Waals surface area contributed by atoms with Gasteiger partial charge in [0.1, 0.15) is 23.2 Å². The summed E-state index contributed by atoms with van der Waals surface area (Å²) in [5, 5.41) is 5.73. The number of benzene rings is 2. The first kappa shape index (κ1) is 25.1. The molecule has 2 heterocycles. The van der Waals surface area contributed by atoms with Crippen molar-refractivity contribution in [1.29, 1.82) is 0 Å². The van der Waals surface area contributed by atoms with E-state index in [-0.39, 0.29) is 29.0 Å². The Kier molecular flexibility index (Phi) is 7.12. The average Bonchev–Trinajstić information content (AvgIpc) is 3.26. The van der Waals surface area contributed by atoms with Gasteiger partial charge in [-0.2, -0.15) is 0 Å². The Morgan fingerprint density at radius 1 is 1.11 bits per heavy atom. The molecule has 0 bridgehead atoms. The Morgan fingerprint density at radius 2 is 1.80 bits per heavy atom. The van der Waals surface area contributed by atoms with E-state index in [0.29, 0.717) is 18.5 Å². The highest BCUT2D eigenvalue weighted by molar-refractivity contribution is 8.01. The fourth-order valence-corrected chi connectivity index (χ4v) is 6.40. The molecule has 35 heavy (non-hydrogen) atoms. The molecule has 3 amide bonds. The molecule has 1 saturated heterocycles. The third-order valence-electron chi connectivity index (χ3n) is 6.51. The molecular formula is C27H33N3O4S. The third-order valence-corrected chi connectivity index (χ3v) is 8.05. The molecule has 4 rings (SSSR count). The maximum absolute atomic E-state index is 13.6. The summed E-state index contributed by atoms with van der Waals surface area (Å²) < 4.78 is 4.68. The fraction of sp³-hybridized carbons (Fsp3) is 0.444.